The first-order valence-electron chi connectivity index (χ1n) is 7.47. The van der Waals surface area contributed by atoms with E-state index >= 15 is 0 Å². The maximum absolute atomic E-state index is 8.97. The summed E-state index contributed by atoms with van der Waals surface area (Å²) in [6.07, 6.45) is 0. The lowest BCUT2D eigenvalue weighted by Gasteiger charge is -2.16. The molecule has 110 valence electrons. The summed E-state index contributed by atoms with van der Waals surface area (Å²) in [5.74, 6) is 0. The number of hydrogen-bond donors (Lipinski definition) is 0. The van der Waals surface area contributed by atoms with E-state index in [1.165, 1.54) is 5.39 Å². The Labute approximate surface area is 133 Å². The van der Waals surface area contributed by atoms with Gasteiger partial charge in [0.2, 0.25) is 0 Å². The van der Waals surface area contributed by atoms with Gasteiger partial charge < -0.3 is 0 Å². The van der Waals surface area contributed by atoms with Gasteiger partial charge in [-0.3, -0.25) is 0 Å². The number of nitrogens with zero attached hydrogens (tertiary/aromatic N) is 3. The van der Waals surface area contributed by atoms with E-state index in [1.807, 2.05) is 13.0 Å². The van der Waals surface area contributed by atoms with Crippen LogP contribution >= 0.6 is 0 Å². The molecule has 4 aromatic rings. The largest absolute Gasteiger partial charge is 0.0911 e. The predicted octanol–water partition coefficient (Wildman–Crippen LogP) is 4.96. The Bertz CT molecular complexity index is 1260. The average Bonchev–Trinajstić information content (AvgIpc) is 2.51. The Morgan fingerprint density at radius 2 is 1.43 bits per heavy atom. The fourth-order valence-corrected chi connectivity index (χ4v) is 3.75. The van der Waals surface area contributed by atoms with Crippen molar-refractivity contribution < 1.29 is 0 Å². The van der Waals surface area contributed by atoms with Gasteiger partial charge in [-0.25, -0.2) is 0 Å². The molecular weight excluding hydrogens is 282 g/mol. The summed E-state index contributed by atoms with van der Waals surface area (Å²) in [5, 5.41) is 12.6. The first-order chi connectivity index (χ1) is 11.0. The van der Waals surface area contributed by atoms with Crippen molar-refractivity contribution in [2.45, 2.75) is 13.8 Å². The zero-order valence-corrected chi connectivity index (χ0v) is 13.1. The van der Waals surface area contributed by atoms with Crippen LogP contribution in [0.15, 0.2) is 35.4 Å². The van der Waals surface area contributed by atoms with Gasteiger partial charge in [0.25, 0.3) is 0 Å². The average molecular weight is 297 g/mol. The molecule has 0 aliphatic heterocycles. The van der Waals surface area contributed by atoms with Gasteiger partial charge in [0.15, 0.2) is 0 Å². The van der Waals surface area contributed by atoms with Crippen LogP contribution in [-0.4, -0.2) is 0 Å². The van der Waals surface area contributed by atoms with Crippen LogP contribution in [0.5, 0.6) is 0 Å². The highest BCUT2D eigenvalue weighted by molar-refractivity contribution is 6.27. The lowest BCUT2D eigenvalue weighted by molar-refractivity contribution is 1.46. The van der Waals surface area contributed by atoms with E-state index in [2.05, 4.69) is 54.4 Å². The minimum Gasteiger partial charge on any atom is -0.0911 e. The summed E-state index contributed by atoms with van der Waals surface area (Å²) < 4.78 is 0. The molecule has 0 radical (unpaired) electrons. The van der Waals surface area contributed by atoms with Crippen LogP contribution in [0.25, 0.3) is 55.9 Å². The third kappa shape index (κ3) is 1.68. The molecular formula is C20H15N3. The van der Waals surface area contributed by atoms with Gasteiger partial charge in [-0.15, -0.1) is 0 Å². The van der Waals surface area contributed by atoms with Crippen LogP contribution in [0.1, 0.15) is 11.1 Å². The van der Waals surface area contributed by atoms with Crippen LogP contribution in [0.2, 0.25) is 0 Å². The molecule has 0 saturated heterocycles. The number of hydrogen-bond acceptors (Lipinski definition) is 1. The molecule has 0 atom stereocenters. The predicted molar refractivity (Wildman–Crippen MR) is 98.7 cm³/mol. The van der Waals surface area contributed by atoms with Crippen molar-refractivity contribution in [2.24, 2.45) is 5.11 Å². The molecule has 0 fully saturated rings. The molecule has 0 amide bonds. The van der Waals surface area contributed by atoms with Crippen molar-refractivity contribution in [3.63, 3.8) is 0 Å². The smallest absolute Gasteiger partial charge is 0.0463 e. The second-order valence-electron chi connectivity index (χ2n) is 6.12. The summed E-state index contributed by atoms with van der Waals surface area (Å²) in [6, 6.07) is 10.3. The topological polar surface area (TPSA) is 48.8 Å². The first-order valence-corrected chi connectivity index (χ1v) is 7.47. The molecule has 0 unspecified atom stereocenters. The lowest BCUT2D eigenvalue weighted by Crippen LogP contribution is -2.06. The zero-order chi connectivity index (χ0) is 16.3. The second-order valence-corrected chi connectivity index (χ2v) is 6.12. The third-order valence-electron chi connectivity index (χ3n) is 4.71. The Morgan fingerprint density at radius 3 is 2.09 bits per heavy atom. The second kappa shape index (κ2) is 4.48. The van der Waals surface area contributed by atoms with Gasteiger partial charge in [0.05, 0.1) is 0 Å². The van der Waals surface area contributed by atoms with E-state index in [9.17, 15) is 0 Å². The number of benzene rings is 4. The minimum atomic E-state index is 0.676. The van der Waals surface area contributed by atoms with Gasteiger partial charge in [0, 0.05) is 10.6 Å². The van der Waals surface area contributed by atoms with Crippen LogP contribution in [-0.2, 0) is 0 Å². The molecule has 0 saturated carbocycles. The third-order valence-corrected chi connectivity index (χ3v) is 4.71. The summed E-state index contributed by atoms with van der Waals surface area (Å²) in [6.45, 7) is 12.5. The van der Waals surface area contributed by atoms with E-state index in [0.29, 0.717) is 5.69 Å². The zero-order valence-electron chi connectivity index (χ0n) is 13.1. The highest BCUT2D eigenvalue weighted by Crippen LogP contribution is 2.40. The van der Waals surface area contributed by atoms with Crippen molar-refractivity contribution in [1.82, 2.24) is 0 Å². The maximum Gasteiger partial charge on any atom is 0.0463 e. The van der Waals surface area contributed by atoms with E-state index in [1.54, 1.807) is 0 Å². The highest BCUT2D eigenvalue weighted by Gasteiger charge is 2.15. The maximum atomic E-state index is 8.97. The molecule has 0 aliphatic rings. The summed E-state index contributed by atoms with van der Waals surface area (Å²) in [7, 11) is 0. The van der Waals surface area contributed by atoms with Crippen LogP contribution in [0.3, 0.4) is 0 Å². The van der Waals surface area contributed by atoms with Gasteiger partial charge in [0.1, 0.15) is 0 Å². The molecule has 0 bridgehead atoms. The molecule has 0 aliphatic carbocycles. The summed E-state index contributed by atoms with van der Waals surface area (Å²) in [5.41, 5.74) is 11.9. The Morgan fingerprint density at radius 1 is 0.826 bits per heavy atom. The van der Waals surface area contributed by atoms with Gasteiger partial charge in [-0.2, -0.15) is 0 Å². The first kappa shape index (κ1) is 13.6. The van der Waals surface area contributed by atoms with Gasteiger partial charge in [-0.05, 0) is 79.3 Å². The molecule has 3 heteroatoms. The molecule has 23 heavy (non-hydrogen) atoms. The molecule has 0 aromatic heterocycles. The standard InChI is InChI=1S/C20H15N3/c1-10-7-12(3)16-9-17(22-23-21)18-13(4)8-11(2)15-6-5-14(10)19(16)20(15)18/h5-9H,1-2H2,3-4H3. The highest BCUT2D eigenvalue weighted by atomic mass is 15.1. The normalized spacial score (nSPS) is 11.4. The van der Waals surface area contributed by atoms with Crippen molar-refractivity contribution in [1.29, 1.82) is 0 Å². The molecule has 4 aromatic carbocycles. The van der Waals surface area contributed by atoms with E-state index in [-0.39, 0.29) is 0 Å². The fourth-order valence-electron chi connectivity index (χ4n) is 3.75. The molecule has 0 heterocycles. The monoisotopic (exact) mass is 297 g/mol. The Balaban J connectivity index is 2.54. The van der Waals surface area contributed by atoms with Crippen LogP contribution in [0.4, 0.5) is 5.69 Å². The van der Waals surface area contributed by atoms with Crippen molar-refractivity contribution in [2.75, 3.05) is 0 Å². The SMILES string of the molecule is C=c1cc(C)c2cc(N=[N+]=[N-])c3c(C)cc(=C)c4ccc1c2c34. The Kier molecular flexibility index (Phi) is 2.65. The summed E-state index contributed by atoms with van der Waals surface area (Å²) >= 11 is 0. The fraction of sp³-hybridized carbons (Fsp3) is 0.100. The molecule has 4 rings (SSSR count). The van der Waals surface area contributed by atoms with Crippen molar-refractivity contribution >= 4 is 51.2 Å². The molecule has 0 spiro atoms. The van der Waals surface area contributed by atoms with Crippen LogP contribution in [0, 0.1) is 13.8 Å². The number of rotatable bonds is 1. The molecule has 3 nitrogen and oxygen atoms in total. The lowest BCUT2D eigenvalue weighted by atomic mass is 9.88. The van der Waals surface area contributed by atoms with E-state index in [0.717, 1.165) is 48.5 Å². The van der Waals surface area contributed by atoms with Crippen molar-refractivity contribution in [3.05, 3.63) is 62.3 Å². The minimum absolute atomic E-state index is 0.676. The van der Waals surface area contributed by atoms with E-state index < -0.39 is 0 Å². The number of azide groups is 1. The molecule has 0 N–H and O–H groups in total. The Hall–Kier alpha value is -3.03. The van der Waals surface area contributed by atoms with Crippen molar-refractivity contribution in [3.8, 4) is 0 Å². The quantitative estimate of drug-likeness (QED) is 0.206. The summed E-state index contributed by atoms with van der Waals surface area (Å²) in [4.78, 5) is 3.02. The van der Waals surface area contributed by atoms with Gasteiger partial charge in [-0.1, -0.05) is 42.5 Å². The number of aryl methyl sites for hydroxylation is 2. The van der Waals surface area contributed by atoms with Gasteiger partial charge >= 0.3 is 0 Å². The van der Waals surface area contributed by atoms with Crippen LogP contribution < -0.4 is 10.4 Å². The van der Waals surface area contributed by atoms with E-state index in [4.69, 9.17) is 5.53 Å².